The van der Waals surface area contributed by atoms with Crippen LogP contribution in [0.25, 0.3) is 0 Å². The predicted octanol–water partition coefficient (Wildman–Crippen LogP) is 1.25. The highest BCUT2D eigenvalue weighted by atomic mass is 32.2. The van der Waals surface area contributed by atoms with Crippen molar-refractivity contribution in [3.8, 4) is 0 Å². The maximum absolute atomic E-state index is 12.0. The highest BCUT2D eigenvalue weighted by Gasteiger charge is 2.33. The zero-order valence-electron chi connectivity index (χ0n) is 10.2. The van der Waals surface area contributed by atoms with Crippen LogP contribution < -0.4 is 10.5 Å². The van der Waals surface area contributed by atoms with Gasteiger partial charge in [-0.15, -0.1) is 0 Å². The number of rotatable bonds is 6. The number of hydrogen-bond donors (Lipinski definition) is 2. The maximum atomic E-state index is 12.0. The van der Waals surface area contributed by atoms with Crippen molar-refractivity contribution in [2.24, 2.45) is 5.73 Å². The summed E-state index contributed by atoms with van der Waals surface area (Å²) in [5, 5.41) is -0.418. The molecular weight excluding hydrogens is 276 g/mol. The van der Waals surface area contributed by atoms with E-state index in [2.05, 4.69) is 11.6 Å². The monoisotopic (exact) mass is 296 g/mol. The van der Waals surface area contributed by atoms with Crippen LogP contribution in [0.1, 0.15) is 33.1 Å². The van der Waals surface area contributed by atoms with Crippen molar-refractivity contribution in [2.75, 3.05) is 5.75 Å². The highest BCUT2D eigenvalue weighted by Crippen LogP contribution is 2.30. The summed E-state index contributed by atoms with van der Waals surface area (Å²) in [5.41, 5.74) is 5.40. The lowest BCUT2D eigenvalue weighted by Crippen LogP contribution is -2.46. The number of thiocarbonyl (C=S) groups is 1. The molecule has 0 amide bonds. The normalized spacial score (nSPS) is 26.9. The topological polar surface area (TPSA) is 72.2 Å². The van der Waals surface area contributed by atoms with Crippen molar-refractivity contribution in [3.05, 3.63) is 0 Å². The molecule has 3 N–H and O–H groups in total. The SMILES string of the molecule is CCSC1CCCC1NS(=O)(=O)C(C)C(N)=S. The van der Waals surface area contributed by atoms with Crippen LogP contribution in [-0.4, -0.2) is 35.7 Å². The van der Waals surface area contributed by atoms with Crippen molar-refractivity contribution in [2.45, 2.75) is 49.7 Å². The van der Waals surface area contributed by atoms with Crippen molar-refractivity contribution < 1.29 is 8.42 Å². The smallest absolute Gasteiger partial charge is 0.221 e. The van der Waals surface area contributed by atoms with Crippen LogP contribution in [-0.2, 0) is 10.0 Å². The molecule has 1 aliphatic carbocycles. The number of sulfonamides is 1. The minimum Gasteiger partial charge on any atom is -0.392 e. The Kier molecular flexibility index (Phi) is 5.69. The first-order valence-corrected chi connectivity index (χ1v) is 8.81. The van der Waals surface area contributed by atoms with Gasteiger partial charge in [-0.1, -0.05) is 25.6 Å². The molecule has 1 rings (SSSR count). The van der Waals surface area contributed by atoms with E-state index in [0.717, 1.165) is 25.0 Å². The summed E-state index contributed by atoms with van der Waals surface area (Å²) in [6, 6.07) is 0.0294. The summed E-state index contributed by atoms with van der Waals surface area (Å²) in [7, 11) is -3.42. The van der Waals surface area contributed by atoms with Crippen molar-refractivity contribution >= 4 is 39.0 Å². The molecule has 1 saturated carbocycles. The molecule has 0 aromatic heterocycles. The van der Waals surface area contributed by atoms with Crippen molar-refractivity contribution in [1.82, 2.24) is 4.72 Å². The van der Waals surface area contributed by atoms with Crippen LogP contribution in [0.5, 0.6) is 0 Å². The van der Waals surface area contributed by atoms with E-state index in [-0.39, 0.29) is 11.0 Å². The third-order valence-electron chi connectivity index (χ3n) is 3.02. The van der Waals surface area contributed by atoms with E-state index in [0.29, 0.717) is 5.25 Å². The summed E-state index contributed by atoms with van der Waals surface area (Å²) in [5.74, 6) is 1.01. The van der Waals surface area contributed by atoms with Gasteiger partial charge in [0.1, 0.15) is 5.25 Å². The van der Waals surface area contributed by atoms with Gasteiger partial charge < -0.3 is 5.73 Å². The molecule has 7 heteroatoms. The average Bonchev–Trinajstić information content (AvgIpc) is 2.64. The number of nitrogens with one attached hydrogen (secondary N) is 1. The summed E-state index contributed by atoms with van der Waals surface area (Å²) >= 11 is 6.56. The first kappa shape index (κ1) is 15.2. The Balaban J connectivity index is 2.67. The Bertz CT molecular complexity index is 370. The van der Waals surface area contributed by atoms with Gasteiger partial charge in [0, 0.05) is 11.3 Å². The van der Waals surface area contributed by atoms with Crippen LogP contribution >= 0.6 is 24.0 Å². The van der Waals surface area contributed by atoms with Gasteiger partial charge >= 0.3 is 0 Å². The molecular formula is C10H20N2O2S3. The van der Waals surface area contributed by atoms with E-state index in [1.165, 1.54) is 6.92 Å². The Hall–Kier alpha value is 0.150. The van der Waals surface area contributed by atoms with E-state index in [4.69, 9.17) is 18.0 Å². The Morgan fingerprint density at radius 3 is 2.76 bits per heavy atom. The minimum absolute atomic E-state index is 0.0233. The van der Waals surface area contributed by atoms with E-state index >= 15 is 0 Å². The number of thioether (sulfide) groups is 1. The van der Waals surface area contributed by atoms with Gasteiger partial charge in [0.15, 0.2) is 0 Å². The second-order valence-corrected chi connectivity index (χ2v) is 8.26. The molecule has 17 heavy (non-hydrogen) atoms. The Labute approximate surface area is 113 Å². The third-order valence-corrected chi connectivity index (χ3v) is 6.66. The molecule has 0 aliphatic heterocycles. The molecule has 1 fully saturated rings. The summed E-state index contributed by atoms with van der Waals surface area (Å²) < 4.78 is 26.7. The summed E-state index contributed by atoms with van der Waals surface area (Å²) in [4.78, 5) is 0.0233. The lowest BCUT2D eigenvalue weighted by Gasteiger charge is -2.22. The lowest BCUT2D eigenvalue weighted by atomic mass is 10.3. The fourth-order valence-corrected chi connectivity index (χ4v) is 4.82. The zero-order chi connectivity index (χ0) is 13.1. The third kappa shape index (κ3) is 4.08. The van der Waals surface area contributed by atoms with Gasteiger partial charge in [-0.3, -0.25) is 0 Å². The van der Waals surface area contributed by atoms with E-state index < -0.39 is 15.3 Å². The lowest BCUT2D eigenvalue weighted by molar-refractivity contribution is 0.552. The maximum Gasteiger partial charge on any atom is 0.221 e. The molecule has 0 saturated heterocycles. The van der Waals surface area contributed by atoms with E-state index in [9.17, 15) is 8.42 Å². The van der Waals surface area contributed by atoms with E-state index in [1.807, 2.05) is 11.8 Å². The molecule has 1 aliphatic rings. The quantitative estimate of drug-likeness (QED) is 0.722. The zero-order valence-corrected chi connectivity index (χ0v) is 12.6. The van der Waals surface area contributed by atoms with Gasteiger partial charge in [0.2, 0.25) is 10.0 Å². The van der Waals surface area contributed by atoms with Crippen LogP contribution in [0.3, 0.4) is 0 Å². The van der Waals surface area contributed by atoms with Gasteiger partial charge in [-0.05, 0) is 25.5 Å². The molecule has 3 unspecified atom stereocenters. The van der Waals surface area contributed by atoms with Crippen LogP contribution in [0.4, 0.5) is 0 Å². The van der Waals surface area contributed by atoms with Crippen molar-refractivity contribution in [3.63, 3.8) is 0 Å². The number of hydrogen-bond acceptors (Lipinski definition) is 4. The second kappa shape index (κ2) is 6.36. The number of nitrogens with two attached hydrogens (primary N) is 1. The molecule has 0 aromatic carbocycles. The van der Waals surface area contributed by atoms with Gasteiger partial charge in [-0.2, -0.15) is 11.8 Å². The first-order valence-electron chi connectivity index (χ1n) is 5.80. The Morgan fingerprint density at radius 2 is 2.24 bits per heavy atom. The van der Waals surface area contributed by atoms with Crippen LogP contribution in [0.2, 0.25) is 0 Å². The first-order chi connectivity index (χ1) is 7.88. The van der Waals surface area contributed by atoms with Crippen LogP contribution in [0, 0.1) is 0 Å². The Morgan fingerprint density at radius 1 is 1.59 bits per heavy atom. The summed E-state index contributed by atoms with van der Waals surface area (Å²) in [6.45, 7) is 3.62. The molecule has 0 radical (unpaired) electrons. The molecule has 4 nitrogen and oxygen atoms in total. The second-order valence-electron chi connectivity index (χ2n) is 4.24. The summed E-state index contributed by atoms with van der Waals surface area (Å²) in [6.07, 6.45) is 3.06. The molecule has 0 heterocycles. The predicted molar refractivity (Wildman–Crippen MR) is 77.9 cm³/mol. The van der Waals surface area contributed by atoms with Gasteiger partial charge in [-0.25, -0.2) is 13.1 Å². The van der Waals surface area contributed by atoms with Gasteiger partial charge in [0.25, 0.3) is 0 Å². The molecule has 0 bridgehead atoms. The fraction of sp³-hybridized carbons (Fsp3) is 0.900. The fourth-order valence-electron chi connectivity index (χ4n) is 1.94. The highest BCUT2D eigenvalue weighted by molar-refractivity contribution is 8.00. The van der Waals surface area contributed by atoms with Crippen LogP contribution in [0.15, 0.2) is 0 Å². The molecule has 0 spiro atoms. The standard InChI is InChI=1S/C10H20N2O2S3/c1-3-16-9-6-4-5-8(9)12-17(13,14)7(2)10(11)15/h7-9,12H,3-6H2,1-2H3,(H2,11,15). The van der Waals surface area contributed by atoms with Crippen molar-refractivity contribution in [1.29, 1.82) is 0 Å². The minimum atomic E-state index is -3.42. The molecule has 100 valence electrons. The largest absolute Gasteiger partial charge is 0.392 e. The van der Waals surface area contributed by atoms with E-state index in [1.54, 1.807) is 0 Å². The van der Waals surface area contributed by atoms with Gasteiger partial charge in [0.05, 0.1) is 4.99 Å². The average molecular weight is 296 g/mol. The molecule has 0 aromatic rings. The molecule has 3 atom stereocenters.